The summed E-state index contributed by atoms with van der Waals surface area (Å²) in [4.78, 5) is 28.3. The van der Waals surface area contributed by atoms with E-state index in [9.17, 15) is 18.0 Å². The highest BCUT2D eigenvalue weighted by Gasteiger charge is 2.30. The Morgan fingerprint density at radius 2 is 1.73 bits per heavy atom. The van der Waals surface area contributed by atoms with Gasteiger partial charge in [0.15, 0.2) is 11.5 Å². The maximum Gasteiger partial charge on any atom is 0.243 e. The van der Waals surface area contributed by atoms with E-state index in [0.29, 0.717) is 52.4 Å². The molecule has 12 heteroatoms. The highest BCUT2D eigenvalue weighted by atomic mass is 35.5. The quantitative estimate of drug-likeness (QED) is 0.339. The Bertz CT molecular complexity index is 1310. The molecule has 2 aromatic carbocycles. The first-order valence-electron chi connectivity index (χ1n) is 13.4. The minimum atomic E-state index is -3.65. The molecule has 0 saturated heterocycles. The molecule has 0 aromatic heterocycles. The van der Waals surface area contributed by atoms with E-state index in [0.717, 1.165) is 12.7 Å². The van der Waals surface area contributed by atoms with Crippen LogP contribution in [0.4, 0.5) is 5.69 Å². The van der Waals surface area contributed by atoms with Gasteiger partial charge in [0.2, 0.25) is 21.8 Å². The Balaban J connectivity index is 1.80. The van der Waals surface area contributed by atoms with Crippen molar-refractivity contribution in [1.82, 2.24) is 10.2 Å². The van der Waals surface area contributed by atoms with Crippen molar-refractivity contribution in [2.75, 3.05) is 30.3 Å². The first-order valence-corrected chi connectivity index (χ1v) is 16.0. The Labute approximate surface area is 246 Å². The minimum Gasteiger partial charge on any atom is -0.486 e. The van der Waals surface area contributed by atoms with Crippen LogP contribution in [0, 0.1) is 0 Å². The zero-order valence-corrected chi connectivity index (χ0v) is 25.6. The molecule has 2 atom stereocenters. The average Bonchev–Trinajstić information content (AvgIpc) is 2.91. The monoisotopic (exact) mass is 613 g/mol. The number of anilines is 1. The van der Waals surface area contributed by atoms with Crippen LogP contribution in [0.1, 0.15) is 52.0 Å². The number of sulfonamides is 1. The van der Waals surface area contributed by atoms with E-state index in [1.165, 1.54) is 9.21 Å². The number of fused-ring (bicyclic) bond motifs is 1. The summed E-state index contributed by atoms with van der Waals surface area (Å²) in [7, 11) is -3.65. The van der Waals surface area contributed by atoms with E-state index in [4.69, 9.17) is 32.7 Å². The summed E-state index contributed by atoms with van der Waals surface area (Å²) >= 11 is 12.5. The number of halogens is 2. The maximum atomic E-state index is 13.6. The molecular formula is C28H37Cl2N3O6S. The normalized spacial score (nSPS) is 14.2. The van der Waals surface area contributed by atoms with Gasteiger partial charge in [-0.05, 0) is 56.0 Å². The third kappa shape index (κ3) is 8.41. The summed E-state index contributed by atoms with van der Waals surface area (Å²) in [6.45, 7) is 6.70. The van der Waals surface area contributed by atoms with Crippen LogP contribution in [0.3, 0.4) is 0 Å². The topological polar surface area (TPSA) is 105 Å². The van der Waals surface area contributed by atoms with Crippen molar-refractivity contribution in [3.8, 4) is 11.5 Å². The standard InChI is InChI=1S/C28H37Cl2N3O6S/c1-5-19(3)31-28(35)24(6-2)32(18-20-9-10-21(29)16-23(20)30)27(34)8-7-13-33(40(4,36)37)22-11-12-25-26(17-22)39-15-14-38-25/h9-12,16-17,19,24H,5-8,13-15,18H2,1-4H3,(H,31,35). The number of carbonyl (C=O) groups is 2. The smallest absolute Gasteiger partial charge is 0.243 e. The molecule has 0 aliphatic carbocycles. The van der Waals surface area contributed by atoms with Gasteiger partial charge in [-0.3, -0.25) is 13.9 Å². The number of benzene rings is 2. The van der Waals surface area contributed by atoms with Crippen molar-refractivity contribution in [3.63, 3.8) is 0 Å². The lowest BCUT2D eigenvalue weighted by Gasteiger charge is -2.32. The molecule has 220 valence electrons. The molecule has 2 aromatic rings. The highest BCUT2D eigenvalue weighted by Crippen LogP contribution is 2.35. The summed E-state index contributed by atoms with van der Waals surface area (Å²) in [5.74, 6) is 0.492. The number of ether oxygens (including phenoxy) is 2. The Kier molecular flexibility index (Phi) is 11.4. The molecule has 3 rings (SSSR count). The van der Waals surface area contributed by atoms with Crippen molar-refractivity contribution in [2.45, 2.75) is 65.1 Å². The van der Waals surface area contributed by atoms with Crippen LogP contribution in [0.2, 0.25) is 10.0 Å². The minimum absolute atomic E-state index is 0.0227. The van der Waals surface area contributed by atoms with Gasteiger partial charge in [-0.2, -0.15) is 0 Å². The first kappa shape index (κ1) is 31.8. The van der Waals surface area contributed by atoms with Crippen LogP contribution < -0.4 is 19.1 Å². The molecule has 0 radical (unpaired) electrons. The summed E-state index contributed by atoms with van der Waals surface area (Å²) in [6.07, 6.45) is 2.52. The van der Waals surface area contributed by atoms with E-state index >= 15 is 0 Å². The highest BCUT2D eigenvalue weighted by molar-refractivity contribution is 7.92. The number of carbonyl (C=O) groups excluding carboxylic acids is 2. The molecule has 0 spiro atoms. The van der Waals surface area contributed by atoms with Crippen LogP contribution in [-0.4, -0.2) is 63.2 Å². The fourth-order valence-electron chi connectivity index (χ4n) is 4.39. The Hall–Kier alpha value is -2.69. The van der Waals surface area contributed by atoms with Crippen LogP contribution in [0.25, 0.3) is 0 Å². The fourth-order valence-corrected chi connectivity index (χ4v) is 5.81. The largest absolute Gasteiger partial charge is 0.486 e. The van der Waals surface area contributed by atoms with Crippen LogP contribution >= 0.6 is 23.2 Å². The maximum absolute atomic E-state index is 13.6. The lowest BCUT2D eigenvalue weighted by molar-refractivity contribution is -0.141. The van der Waals surface area contributed by atoms with Crippen LogP contribution in [0.5, 0.6) is 11.5 Å². The molecule has 0 fully saturated rings. The van der Waals surface area contributed by atoms with Crippen molar-refractivity contribution in [1.29, 1.82) is 0 Å². The number of hydrogen-bond donors (Lipinski definition) is 1. The molecule has 0 bridgehead atoms. The molecule has 2 unspecified atom stereocenters. The number of nitrogens with one attached hydrogen (secondary N) is 1. The average molecular weight is 615 g/mol. The van der Waals surface area contributed by atoms with Gasteiger partial charge < -0.3 is 19.7 Å². The van der Waals surface area contributed by atoms with Gasteiger partial charge in [-0.1, -0.05) is 43.1 Å². The number of rotatable bonds is 13. The summed E-state index contributed by atoms with van der Waals surface area (Å²) in [5, 5.41) is 3.83. The van der Waals surface area contributed by atoms with E-state index in [1.54, 1.807) is 36.4 Å². The third-order valence-corrected chi connectivity index (χ3v) is 8.49. The van der Waals surface area contributed by atoms with E-state index in [2.05, 4.69) is 5.32 Å². The molecule has 2 amide bonds. The molecule has 0 saturated carbocycles. The fraction of sp³-hybridized carbons (Fsp3) is 0.500. The van der Waals surface area contributed by atoms with Gasteiger partial charge in [-0.15, -0.1) is 0 Å². The van der Waals surface area contributed by atoms with Crippen molar-refractivity contribution < 1.29 is 27.5 Å². The third-order valence-electron chi connectivity index (χ3n) is 6.71. The van der Waals surface area contributed by atoms with Gasteiger partial charge >= 0.3 is 0 Å². The predicted octanol–water partition coefficient (Wildman–Crippen LogP) is 5.03. The number of amides is 2. The number of hydrogen-bond acceptors (Lipinski definition) is 6. The van der Waals surface area contributed by atoms with Gasteiger partial charge in [0.05, 0.1) is 11.9 Å². The lowest BCUT2D eigenvalue weighted by Crippen LogP contribution is -2.50. The van der Waals surface area contributed by atoms with Crippen molar-refractivity contribution in [2.24, 2.45) is 0 Å². The van der Waals surface area contributed by atoms with Crippen molar-refractivity contribution in [3.05, 3.63) is 52.0 Å². The van der Waals surface area contributed by atoms with Gasteiger partial charge in [-0.25, -0.2) is 8.42 Å². The van der Waals surface area contributed by atoms with Gasteiger partial charge in [0, 0.05) is 41.7 Å². The lowest BCUT2D eigenvalue weighted by atomic mass is 10.1. The van der Waals surface area contributed by atoms with Crippen LogP contribution in [0.15, 0.2) is 36.4 Å². The second-order valence-electron chi connectivity index (χ2n) is 9.77. The van der Waals surface area contributed by atoms with E-state index in [1.807, 2.05) is 20.8 Å². The number of nitrogens with zero attached hydrogens (tertiary/aromatic N) is 2. The molecule has 1 aliphatic rings. The predicted molar refractivity (Wildman–Crippen MR) is 158 cm³/mol. The second-order valence-corrected chi connectivity index (χ2v) is 12.5. The summed E-state index contributed by atoms with van der Waals surface area (Å²) in [5.41, 5.74) is 1.08. The SMILES string of the molecule is CCC(C)NC(=O)C(CC)N(Cc1ccc(Cl)cc1Cl)C(=O)CCCN(c1ccc2c(c1)OCCO2)S(C)(=O)=O. The van der Waals surface area contributed by atoms with Gasteiger partial charge in [0.25, 0.3) is 0 Å². The molecule has 9 nitrogen and oxygen atoms in total. The molecule has 40 heavy (non-hydrogen) atoms. The summed E-state index contributed by atoms with van der Waals surface area (Å²) in [6, 6.07) is 9.19. The Morgan fingerprint density at radius 1 is 1.02 bits per heavy atom. The molecule has 1 heterocycles. The Morgan fingerprint density at radius 3 is 2.35 bits per heavy atom. The summed E-state index contributed by atoms with van der Waals surface area (Å²) < 4.78 is 37.7. The molecule has 1 N–H and O–H groups in total. The molecular weight excluding hydrogens is 577 g/mol. The van der Waals surface area contributed by atoms with Crippen LogP contribution in [-0.2, 0) is 26.2 Å². The van der Waals surface area contributed by atoms with Gasteiger partial charge in [0.1, 0.15) is 19.3 Å². The molecule has 1 aliphatic heterocycles. The zero-order valence-electron chi connectivity index (χ0n) is 23.3. The first-order chi connectivity index (χ1) is 18.9. The van der Waals surface area contributed by atoms with E-state index in [-0.39, 0.29) is 43.8 Å². The van der Waals surface area contributed by atoms with E-state index < -0.39 is 16.1 Å². The van der Waals surface area contributed by atoms with Crippen molar-refractivity contribution >= 4 is 50.7 Å². The second kappa shape index (κ2) is 14.3. The zero-order chi connectivity index (χ0) is 29.4.